The van der Waals surface area contributed by atoms with Gasteiger partial charge in [-0.2, -0.15) is 5.10 Å². The maximum atomic E-state index is 12.6. The van der Waals surface area contributed by atoms with E-state index in [-0.39, 0.29) is 6.61 Å². The molecule has 1 N–H and O–H groups in total. The van der Waals surface area contributed by atoms with Crippen LogP contribution in [0.15, 0.2) is 77.9 Å². The van der Waals surface area contributed by atoms with Gasteiger partial charge < -0.3 is 9.47 Å². The minimum absolute atomic E-state index is 0.156. The minimum Gasteiger partial charge on any atom is -0.484 e. The van der Waals surface area contributed by atoms with Crippen LogP contribution in [0.4, 0.5) is 0 Å². The third-order valence-corrected chi connectivity index (χ3v) is 6.55. The smallest absolute Gasteiger partial charge is 0.355 e. The molecular weight excluding hydrogens is 472 g/mol. The number of hydrazone groups is 1. The van der Waals surface area contributed by atoms with E-state index in [9.17, 15) is 9.59 Å². The molecule has 0 unspecified atom stereocenters. The molecule has 0 radical (unpaired) electrons. The second kappa shape index (κ2) is 11.0. The fraction of sp³-hybridized carbons (Fsp3) is 0.115. The normalized spacial score (nSPS) is 11.0. The zero-order valence-electron chi connectivity index (χ0n) is 18.3. The molecule has 0 saturated heterocycles. The number of aryl methyl sites for hydroxylation is 1. The van der Waals surface area contributed by atoms with Gasteiger partial charge in [0.05, 0.1) is 11.2 Å². The number of hydrogen-bond donors (Lipinski definition) is 1. The summed E-state index contributed by atoms with van der Waals surface area (Å²) in [4.78, 5) is 25.0. The maximum Gasteiger partial charge on any atom is 0.355 e. The second-order valence-corrected chi connectivity index (χ2v) is 8.71. The molecule has 0 aliphatic heterocycles. The molecule has 1 aromatic heterocycles. The first-order valence-corrected chi connectivity index (χ1v) is 11.8. The number of amides is 1. The highest BCUT2D eigenvalue weighted by atomic mass is 35.5. The van der Waals surface area contributed by atoms with Crippen molar-refractivity contribution in [2.45, 2.75) is 13.3 Å². The number of benzene rings is 3. The van der Waals surface area contributed by atoms with Gasteiger partial charge in [-0.05, 0) is 47.9 Å². The Kier molecular flexibility index (Phi) is 7.57. The van der Waals surface area contributed by atoms with Crippen molar-refractivity contribution in [3.05, 3.63) is 93.8 Å². The summed E-state index contributed by atoms with van der Waals surface area (Å²) < 4.78 is 11.9. The van der Waals surface area contributed by atoms with Crippen LogP contribution >= 0.6 is 22.9 Å². The van der Waals surface area contributed by atoms with Crippen LogP contribution in [0.5, 0.6) is 11.5 Å². The Morgan fingerprint density at radius 1 is 1.03 bits per heavy atom. The Hall–Kier alpha value is -3.68. The fourth-order valence-electron chi connectivity index (χ4n) is 3.14. The molecule has 6 nitrogen and oxygen atoms in total. The number of hydrogen-bond acceptors (Lipinski definition) is 6. The lowest BCUT2D eigenvalue weighted by Gasteiger charge is -2.06. The van der Waals surface area contributed by atoms with Crippen LogP contribution in [-0.2, 0) is 11.2 Å². The zero-order chi connectivity index (χ0) is 23.9. The standard InChI is InChI=1S/C26H21ClN2O4S/c1-2-17-10-12-19(13-11-17)32-16-23(30)29-28-15-18-6-5-7-20(14-18)33-26(31)25-24(27)21-8-3-4-9-22(21)34-25/h3-15H,2,16H2,1H3,(H,29,30). The van der Waals surface area contributed by atoms with E-state index >= 15 is 0 Å². The summed E-state index contributed by atoms with van der Waals surface area (Å²) in [6.07, 6.45) is 2.40. The molecule has 34 heavy (non-hydrogen) atoms. The second-order valence-electron chi connectivity index (χ2n) is 7.28. The number of carbonyl (C=O) groups excluding carboxylic acids is 2. The van der Waals surface area contributed by atoms with Gasteiger partial charge in [-0.1, -0.05) is 61.0 Å². The molecule has 1 heterocycles. The lowest BCUT2D eigenvalue weighted by Crippen LogP contribution is -2.24. The van der Waals surface area contributed by atoms with Crippen LogP contribution in [-0.4, -0.2) is 24.7 Å². The Morgan fingerprint density at radius 2 is 1.82 bits per heavy atom. The van der Waals surface area contributed by atoms with E-state index in [1.807, 2.05) is 48.5 Å². The highest BCUT2D eigenvalue weighted by molar-refractivity contribution is 7.21. The number of thiophene rings is 1. The Bertz CT molecular complexity index is 1350. The van der Waals surface area contributed by atoms with Crippen LogP contribution in [0, 0.1) is 0 Å². The highest BCUT2D eigenvalue weighted by Gasteiger charge is 2.19. The van der Waals surface area contributed by atoms with Crippen molar-refractivity contribution >= 4 is 51.1 Å². The largest absolute Gasteiger partial charge is 0.484 e. The van der Waals surface area contributed by atoms with Gasteiger partial charge in [0.1, 0.15) is 16.4 Å². The van der Waals surface area contributed by atoms with Crippen molar-refractivity contribution in [3.8, 4) is 11.5 Å². The number of rotatable bonds is 8. The average molecular weight is 493 g/mol. The van der Waals surface area contributed by atoms with E-state index < -0.39 is 11.9 Å². The van der Waals surface area contributed by atoms with Gasteiger partial charge in [0.15, 0.2) is 6.61 Å². The summed E-state index contributed by atoms with van der Waals surface area (Å²) in [5, 5.41) is 5.14. The summed E-state index contributed by atoms with van der Waals surface area (Å²) in [5.41, 5.74) is 4.25. The number of halogens is 1. The Morgan fingerprint density at radius 3 is 2.59 bits per heavy atom. The van der Waals surface area contributed by atoms with E-state index in [0.29, 0.717) is 27.0 Å². The molecule has 0 bridgehead atoms. The van der Waals surface area contributed by atoms with Crippen molar-refractivity contribution < 1.29 is 19.1 Å². The van der Waals surface area contributed by atoms with E-state index in [2.05, 4.69) is 17.5 Å². The Balaban J connectivity index is 1.32. The third kappa shape index (κ3) is 5.81. The van der Waals surface area contributed by atoms with E-state index in [4.69, 9.17) is 21.1 Å². The molecule has 3 aromatic carbocycles. The molecule has 0 saturated carbocycles. The summed E-state index contributed by atoms with van der Waals surface area (Å²) in [5.74, 6) is 0.0350. The van der Waals surface area contributed by atoms with Crippen LogP contribution in [0.25, 0.3) is 10.1 Å². The van der Waals surface area contributed by atoms with E-state index in [1.165, 1.54) is 23.1 Å². The summed E-state index contributed by atoms with van der Waals surface area (Å²) in [6.45, 7) is 1.92. The van der Waals surface area contributed by atoms with Gasteiger partial charge in [0.2, 0.25) is 0 Å². The van der Waals surface area contributed by atoms with Crippen molar-refractivity contribution in [3.63, 3.8) is 0 Å². The maximum absolute atomic E-state index is 12.6. The fourth-order valence-corrected chi connectivity index (χ4v) is 4.52. The lowest BCUT2D eigenvalue weighted by molar-refractivity contribution is -0.123. The van der Waals surface area contributed by atoms with Gasteiger partial charge in [-0.25, -0.2) is 10.2 Å². The van der Waals surface area contributed by atoms with Gasteiger partial charge in [-0.3, -0.25) is 4.79 Å². The van der Waals surface area contributed by atoms with Crippen LogP contribution in [0.2, 0.25) is 5.02 Å². The average Bonchev–Trinajstić information content (AvgIpc) is 3.20. The number of esters is 1. The predicted octanol–water partition coefficient (Wildman–Crippen LogP) is 5.87. The molecule has 4 rings (SSSR count). The molecule has 0 fully saturated rings. The molecule has 0 atom stereocenters. The Labute approximate surface area is 205 Å². The number of fused-ring (bicyclic) bond motifs is 1. The molecule has 8 heteroatoms. The van der Waals surface area contributed by atoms with Crippen LogP contribution in [0.3, 0.4) is 0 Å². The van der Waals surface area contributed by atoms with Crippen molar-refractivity contribution in [2.75, 3.05) is 6.61 Å². The molecule has 0 spiro atoms. The van der Waals surface area contributed by atoms with Gasteiger partial charge in [0, 0.05) is 10.1 Å². The van der Waals surface area contributed by atoms with Gasteiger partial charge >= 0.3 is 5.97 Å². The molecule has 0 aliphatic rings. The SMILES string of the molecule is CCc1ccc(OCC(=O)NN=Cc2cccc(OC(=O)c3sc4ccccc4c3Cl)c2)cc1. The van der Waals surface area contributed by atoms with Crippen LogP contribution in [0.1, 0.15) is 27.7 Å². The number of carbonyl (C=O) groups is 2. The number of ether oxygens (including phenoxy) is 2. The topological polar surface area (TPSA) is 77.0 Å². The molecule has 4 aromatic rings. The lowest BCUT2D eigenvalue weighted by atomic mass is 10.2. The van der Waals surface area contributed by atoms with Gasteiger partial charge in [0.25, 0.3) is 5.91 Å². The predicted molar refractivity (Wildman–Crippen MR) is 135 cm³/mol. The third-order valence-electron chi connectivity index (χ3n) is 4.89. The van der Waals surface area contributed by atoms with Crippen molar-refractivity contribution in [1.29, 1.82) is 0 Å². The van der Waals surface area contributed by atoms with E-state index in [0.717, 1.165) is 16.5 Å². The molecule has 1 amide bonds. The van der Waals surface area contributed by atoms with Crippen molar-refractivity contribution in [1.82, 2.24) is 5.43 Å². The zero-order valence-corrected chi connectivity index (χ0v) is 19.9. The van der Waals surface area contributed by atoms with Crippen LogP contribution < -0.4 is 14.9 Å². The molecule has 0 aliphatic carbocycles. The van der Waals surface area contributed by atoms with Crippen molar-refractivity contribution in [2.24, 2.45) is 5.10 Å². The quantitative estimate of drug-likeness (QED) is 0.144. The first-order valence-electron chi connectivity index (χ1n) is 10.6. The van der Waals surface area contributed by atoms with Gasteiger partial charge in [-0.15, -0.1) is 11.3 Å². The summed E-state index contributed by atoms with van der Waals surface area (Å²) in [6, 6.07) is 21.9. The van der Waals surface area contributed by atoms with E-state index in [1.54, 1.807) is 24.3 Å². The number of nitrogens with zero attached hydrogens (tertiary/aromatic N) is 1. The molecule has 172 valence electrons. The highest BCUT2D eigenvalue weighted by Crippen LogP contribution is 2.35. The minimum atomic E-state index is -0.530. The first kappa shape index (κ1) is 23.5. The monoisotopic (exact) mass is 492 g/mol. The first-order chi connectivity index (χ1) is 16.5. The summed E-state index contributed by atoms with van der Waals surface area (Å²) in [7, 11) is 0. The molecular formula is C26H21ClN2O4S. The summed E-state index contributed by atoms with van der Waals surface area (Å²) >= 11 is 7.65. The number of nitrogens with one attached hydrogen (secondary N) is 1.